The first kappa shape index (κ1) is 17.6. The zero-order valence-corrected chi connectivity index (χ0v) is 13.2. The van der Waals surface area contributed by atoms with Gasteiger partial charge in [-0.2, -0.15) is 0 Å². The second-order valence-electron chi connectivity index (χ2n) is 5.80. The number of aliphatic hydroxyl groups excluding tert-OH is 2. The topological polar surface area (TPSA) is 123 Å². The molecular weight excluding hydrogens is 310 g/mol. The van der Waals surface area contributed by atoms with Gasteiger partial charge in [0.1, 0.15) is 6.10 Å². The molecule has 23 heavy (non-hydrogen) atoms. The number of aliphatic hydroxyl groups is 2. The summed E-state index contributed by atoms with van der Waals surface area (Å²) in [5.74, 6) is -1.84. The first-order chi connectivity index (χ1) is 10.7. The highest BCUT2D eigenvalue weighted by atomic mass is 16.6. The van der Waals surface area contributed by atoms with Crippen LogP contribution in [-0.4, -0.2) is 82.7 Å². The minimum absolute atomic E-state index is 0.133. The Bertz CT molecular complexity index is 495. The smallest absolute Gasteiger partial charge is 0.303 e. The molecule has 0 saturated carbocycles. The van der Waals surface area contributed by atoms with E-state index in [4.69, 9.17) is 14.2 Å². The molecule has 0 bridgehead atoms. The third-order valence-electron chi connectivity index (χ3n) is 3.95. The Morgan fingerprint density at radius 1 is 0.870 bits per heavy atom. The van der Waals surface area contributed by atoms with E-state index in [1.165, 1.54) is 20.8 Å². The molecular formula is C14H21NO8. The van der Waals surface area contributed by atoms with Gasteiger partial charge in [-0.1, -0.05) is 0 Å². The van der Waals surface area contributed by atoms with Crippen molar-refractivity contribution in [3.8, 4) is 0 Å². The molecule has 2 aliphatic heterocycles. The number of esters is 3. The quantitative estimate of drug-likeness (QED) is 0.455. The Balaban J connectivity index is 2.34. The van der Waals surface area contributed by atoms with Crippen LogP contribution in [0.15, 0.2) is 0 Å². The summed E-state index contributed by atoms with van der Waals surface area (Å²) in [6.45, 7) is 3.86. The van der Waals surface area contributed by atoms with Gasteiger partial charge in [-0.05, 0) is 0 Å². The van der Waals surface area contributed by atoms with E-state index in [-0.39, 0.29) is 13.1 Å². The zero-order chi connectivity index (χ0) is 17.3. The number of nitrogens with zero attached hydrogens (tertiary/aromatic N) is 1. The van der Waals surface area contributed by atoms with Crippen LogP contribution >= 0.6 is 0 Å². The molecule has 2 N–H and O–H groups in total. The van der Waals surface area contributed by atoms with Crippen molar-refractivity contribution in [3.63, 3.8) is 0 Å². The number of hydrogen-bond acceptors (Lipinski definition) is 9. The Kier molecular flexibility index (Phi) is 5.23. The Labute approximate surface area is 133 Å². The van der Waals surface area contributed by atoms with Crippen molar-refractivity contribution >= 4 is 17.9 Å². The van der Waals surface area contributed by atoms with Crippen molar-refractivity contribution in [3.05, 3.63) is 0 Å². The zero-order valence-electron chi connectivity index (χ0n) is 13.2. The minimum Gasteiger partial charge on any atom is -0.457 e. The lowest BCUT2D eigenvalue weighted by molar-refractivity contribution is -0.205. The number of rotatable bonds is 3. The van der Waals surface area contributed by atoms with Crippen molar-refractivity contribution in [2.75, 3.05) is 13.1 Å². The van der Waals surface area contributed by atoms with Gasteiger partial charge in [0.25, 0.3) is 0 Å². The van der Waals surface area contributed by atoms with Crippen molar-refractivity contribution < 1.29 is 38.8 Å². The summed E-state index contributed by atoms with van der Waals surface area (Å²) in [4.78, 5) is 35.8. The van der Waals surface area contributed by atoms with Gasteiger partial charge in [-0.25, -0.2) is 0 Å². The standard InChI is InChI=1S/C14H21NO8/c1-6(16)21-10-5-15-4-9(19)12(20)11(15)14(23-8(3)18)13(10)22-7(2)17/h9-14,19-20H,4-5H2,1-3H3/t9-,10+,11+,12+,13-,14+/m0/s1. The molecule has 9 nitrogen and oxygen atoms in total. The summed E-state index contributed by atoms with van der Waals surface area (Å²) in [5.41, 5.74) is 0. The third-order valence-corrected chi connectivity index (χ3v) is 3.95. The minimum atomic E-state index is -1.17. The number of hydrogen-bond donors (Lipinski definition) is 2. The lowest BCUT2D eigenvalue weighted by Gasteiger charge is -2.44. The van der Waals surface area contributed by atoms with Crippen LogP contribution in [-0.2, 0) is 28.6 Å². The van der Waals surface area contributed by atoms with E-state index in [9.17, 15) is 24.6 Å². The molecule has 0 aromatic carbocycles. The highest BCUT2D eigenvalue weighted by Crippen LogP contribution is 2.33. The van der Waals surface area contributed by atoms with Crippen LogP contribution < -0.4 is 0 Å². The highest BCUT2D eigenvalue weighted by Gasteiger charge is 2.56. The van der Waals surface area contributed by atoms with Crippen LogP contribution in [0.2, 0.25) is 0 Å². The van der Waals surface area contributed by atoms with E-state index in [1.807, 2.05) is 0 Å². The molecule has 0 unspecified atom stereocenters. The molecule has 130 valence electrons. The van der Waals surface area contributed by atoms with E-state index >= 15 is 0 Å². The highest BCUT2D eigenvalue weighted by molar-refractivity contribution is 5.68. The number of carbonyl (C=O) groups is 3. The van der Waals surface area contributed by atoms with E-state index in [2.05, 4.69) is 0 Å². The normalized spacial score (nSPS) is 36.9. The van der Waals surface area contributed by atoms with E-state index < -0.39 is 54.5 Å². The lowest BCUT2D eigenvalue weighted by atomic mass is 9.92. The Morgan fingerprint density at radius 2 is 1.39 bits per heavy atom. The van der Waals surface area contributed by atoms with Gasteiger partial charge in [-0.3, -0.25) is 19.3 Å². The molecule has 0 aromatic rings. The summed E-state index contributed by atoms with van der Waals surface area (Å²) < 4.78 is 15.6. The van der Waals surface area contributed by atoms with Gasteiger partial charge in [0.2, 0.25) is 0 Å². The fraction of sp³-hybridized carbons (Fsp3) is 0.786. The summed E-state index contributed by atoms with van der Waals surface area (Å²) in [5, 5.41) is 20.0. The van der Waals surface area contributed by atoms with Gasteiger partial charge in [0, 0.05) is 33.9 Å². The molecule has 0 spiro atoms. The van der Waals surface area contributed by atoms with Gasteiger partial charge >= 0.3 is 17.9 Å². The third kappa shape index (κ3) is 3.80. The Morgan fingerprint density at radius 3 is 1.91 bits per heavy atom. The van der Waals surface area contributed by atoms with E-state index in [0.29, 0.717) is 0 Å². The maximum atomic E-state index is 11.4. The second kappa shape index (κ2) is 6.81. The largest absolute Gasteiger partial charge is 0.457 e. The van der Waals surface area contributed by atoms with Gasteiger partial charge in [0.15, 0.2) is 18.3 Å². The predicted octanol–water partition coefficient (Wildman–Crippen LogP) is -1.80. The molecule has 9 heteroatoms. The summed E-state index contributed by atoms with van der Waals surface area (Å²) in [6.07, 6.45) is -5.18. The van der Waals surface area contributed by atoms with E-state index in [0.717, 1.165) is 0 Å². The van der Waals surface area contributed by atoms with Crippen LogP contribution in [0.3, 0.4) is 0 Å². The number of piperidine rings is 1. The fourth-order valence-electron chi connectivity index (χ4n) is 3.23. The van der Waals surface area contributed by atoms with Crippen molar-refractivity contribution in [1.29, 1.82) is 0 Å². The van der Waals surface area contributed by atoms with Gasteiger partial charge in [0.05, 0.1) is 12.1 Å². The molecule has 0 aliphatic carbocycles. The monoisotopic (exact) mass is 331 g/mol. The number of ether oxygens (including phenoxy) is 3. The fourth-order valence-corrected chi connectivity index (χ4v) is 3.23. The summed E-state index contributed by atoms with van der Waals surface area (Å²) in [7, 11) is 0. The summed E-state index contributed by atoms with van der Waals surface area (Å²) in [6, 6.07) is -0.745. The molecule has 2 heterocycles. The maximum Gasteiger partial charge on any atom is 0.303 e. The number of fused-ring (bicyclic) bond motifs is 1. The average Bonchev–Trinajstić information content (AvgIpc) is 2.67. The first-order valence-electron chi connectivity index (χ1n) is 7.32. The SMILES string of the molecule is CC(=O)O[C@@H]1[C@H](OC(C)=O)[C@H]2[C@H](O)[C@@H](O)CN2C[C@H]1OC(C)=O. The molecule has 2 saturated heterocycles. The average molecular weight is 331 g/mol. The van der Waals surface area contributed by atoms with Crippen LogP contribution in [0.4, 0.5) is 0 Å². The molecule has 2 rings (SSSR count). The van der Waals surface area contributed by atoms with Gasteiger partial charge in [-0.15, -0.1) is 0 Å². The maximum absolute atomic E-state index is 11.4. The molecule has 0 amide bonds. The van der Waals surface area contributed by atoms with Crippen molar-refractivity contribution in [1.82, 2.24) is 4.90 Å². The molecule has 2 fully saturated rings. The van der Waals surface area contributed by atoms with E-state index in [1.54, 1.807) is 4.90 Å². The number of carbonyl (C=O) groups excluding carboxylic acids is 3. The van der Waals surface area contributed by atoms with Crippen LogP contribution in [0, 0.1) is 0 Å². The molecule has 0 aromatic heterocycles. The molecule has 2 aliphatic rings. The second-order valence-corrected chi connectivity index (χ2v) is 5.80. The van der Waals surface area contributed by atoms with Crippen LogP contribution in [0.5, 0.6) is 0 Å². The van der Waals surface area contributed by atoms with Gasteiger partial charge < -0.3 is 24.4 Å². The van der Waals surface area contributed by atoms with Crippen LogP contribution in [0.1, 0.15) is 20.8 Å². The summed E-state index contributed by atoms with van der Waals surface area (Å²) >= 11 is 0. The Hall–Kier alpha value is -1.71. The molecule has 6 atom stereocenters. The van der Waals surface area contributed by atoms with Crippen molar-refractivity contribution in [2.45, 2.75) is 57.3 Å². The predicted molar refractivity (Wildman–Crippen MR) is 74.0 cm³/mol. The molecule has 0 radical (unpaired) electrons. The van der Waals surface area contributed by atoms with Crippen molar-refractivity contribution in [2.24, 2.45) is 0 Å². The van der Waals surface area contributed by atoms with Crippen LogP contribution in [0.25, 0.3) is 0 Å². The first-order valence-corrected chi connectivity index (χ1v) is 7.32. The lowest BCUT2D eigenvalue weighted by Crippen LogP contribution is -2.64.